The highest BCUT2D eigenvalue weighted by Gasteiger charge is 2.20. The van der Waals surface area contributed by atoms with Crippen molar-refractivity contribution in [2.75, 3.05) is 26.2 Å². The second-order valence-corrected chi connectivity index (χ2v) is 5.76. The number of hydrogen-bond acceptors (Lipinski definition) is 3. The van der Waals surface area contributed by atoms with E-state index in [0.29, 0.717) is 32.8 Å². The van der Waals surface area contributed by atoms with E-state index in [1.807, 2.05) is 35.9 Å². The summed E-state index contributed by atoms with van der Waals surface area (Å²) in [6.45, 7) is 4.63. The van der Waals surface area contributed by atoms with Crippen LogP contribution in [-0.4, -0.2) is 47.7 Å². The molecule has 0 aliphatic carbocycles. The average molecular weight is 315 g/mol. The van der Waals surface area contributed by atoms with Gasteiger partial charge in [0.05, 0.1) is 6.54 Å². The highest BCUT2D eigenvalue weighted by atomic mass is 16.6. The smallest absolute Gasteiger partial charge is 0.409 e. The van der Waals surface area contributed by atoms with Crippen molar-refractivity contribution >= 4 is 22.9 Å². The van der Waals surface area contributed by atoms with E-state index in [1.165, 1.54) is 10.9 Å². The number of ether oxygens (including phenoxy) is 1. The molecular formula is C17H21N3O3. The van der Waals surface area contributed by atoms with Gasteiger partial charge in [-0.2, -0.15) is 0 Å². The van der Waals surface area contributed by atoms with Crippen LogP contribution in [-0.2, 0) is 16.1 Å². The molecular weight excluding hydrogens is 294 g/mol. The third-order valence-corrected chi connectivity index (χ3v) is 4.07. The monoisotopic (exact) mass is 315 g/mol. The molecule has 122 valence electrons. The molecule has 1 aromatic carbocycles. The van der Waals surface area contributed by atoms with Gasteiger partial charge in [-0.25, -0.2) is 4.79 Å². The van der Waals surface area contributed by atoms with E-state index < -0.39 is 0 Å². The van der Waals surface area contributed by atoms with Crippen LogP contribution in [0, 0.1) is 6.92 Å². The molecule has 0 bridgehead atoms. The third kappa shape index (κ3) is 3.47. The maximum Gasteiger partial charge on any atom is 0.409 e. The SMILES string of the molecule is Cc1cn(CC(=O)NCCCN2CCOC2=O)c2ccccc12. The molecule has 1 aliphatic rings. The van der Waals surface area contributed by atoms with Crippen LogP contribution in [0.3, 0.4) is 0 Å². The van der Waals surface area contributed by atoms with E-state index in [2.05, 4.69) is 11.4 Å². The van der Waals surface area contributed by atoms with Crippen LogP contribution >= 0.6 is 0 Å². The second-order valence-electron chi connectivity index (χ2n) is 5.76. The van der Waals surface area contributed by atoms with Crippen molar-refractivity contribution in [3.63, 3.8) is 0 Å². The number of nitrogens with zero attached hydrogens (tertiary/aromatic N) is 2. The molecule has 2 aromatic rings. The number of cyclic esters (lactones) is 1. The first kappa shape index (κ1) is 15.4. The Morgan fingerprint density at radius 3 is 2.96 bits per heavy atom. The summed E-state index contributed by atoms with van der Waals surface area (Å²) in [4.78, 5) is 25.0. The van der Waals surface area contributed by atoms with Gasteiger partial charge in [-0.3, -0.25) is 4.79 Å². The molecule has 0 spiro atoms. The number of rotatable bonds is 6. The van der Waals surface area contributed by atoms with Crippen molar-refractivity contribution < 1.29 is 14.3 Å². The summed E-state index contributed by atoms with van der Waals surface area (Å²) in [5.74, 6) is -0.0187. The number of fused-ring (bicyclic) bond motifs is 1. The van der Waals surface area contributed by atoms with Crippen LogP contribution in [0.25, 0.3) is 10.9 Å². The lowest BCUT2D eigenvalue weighted by molar-refractivity contribution is -0.121. The van der Waals surface area contributed by atoms with Crippen LogP contribution < -0.4 is 5.32 Å². The summed E-state index contributed by atoms with van der Waals surface area (Å²) in [6, 6.07) is 8.07. The van der Waals surface area contributed by atoms with Gasteiger partial charge in [-0.05, 0) is 25.0 Å². The van der Waals surface area contributed by atoms with Gasteiger partial charge in [0.25, 0.3) is 0 Å². The molecule has 2 amide bonds. The lowest BCUT2D eigenvalue weighted by Gasteiger charge is -2.12. The Labute approximate surface area is 135 Å². The Balaban J connectivity index is 1.48. The normalized spacial score (nSPS) is 14.3. The number of benzene rings is 1. The molecule has 0 unspecified atom stereocenters. The second kappa shape index (κ2) is 6.73. The fourth-order valence-electron chi connectivity index (χ4n) is 2.90. The zero-order chi connectivity index (χ0) is 16.2. The number of nitrogens with one attached hydrogen (secondary N) is 1. The molecule has 1 aliphatic heterocycles. The van der Waals surface area contributed by atoms with Gasteiger partial charge in [-0.15, -0.1) is 0 Å². The van der Waals surface area contributed by atoms with Crippen LogP contribution in [0.4, 0.5) is 4.79 Å². The summed E-state index contributed by atoms with van der Waals surface area (Å²) in [5, 5.41) is 4.08. The van der Waals surface area contributed by atoms with Crippen molar-refractivity contribution in [2.45, 2.75) is 19.9 Å². The van der Waals surface area contributed by atoms with Gasteiger partial charge >= 0.3 is 6.09 Å². The summed E-state index contributed by atoms with van der Waals surface area (Å²) < 4.78 is 6.83. The first-order valence-electron chi connectivity index (χ1n) is 7.88. The Morgan fingerprint density at radius 1 is 1.35 bits per heavy atom. The Morgan fingerprint density at radius 2 is 2.17 bits per heavy atom. The zero-order valence-corrected chi connectivity index (χ0v) is 13.2. The summed E-state index contributed by atoms with van der Waals surface area (Å²) >= 11 is 0. The molecule has 1 fully saturated rings. The van der Waals surface area contributed by atoms with E-state index in [9.17, 15) is 9.59 Å². The third-order valence-electron chi connectivity index (χ3n) is 4.07. The zero-order valence-electron chi connectivity index (χ0n) is 13.2. The van der Waals surface area contributed by atoms with E-state index in [0.717, 1.165) is 11.9 Å². The molecule has 23 heavy (non-hydrogen) atoms. The fourth-order valence-corrected chi connectivity index (χ4v) is 2.90. The molecule has 0 saturated carbocycles. The molecule has 6 heteroatoms. The van der Waals surface area contributed by atoms with Gasteiger partial charge in [0.15, 0.2) is 0 Å². The van der Waals surface area contributed by atoms with Crippen molar-refractivity contribution in [3.8, 4) is 0 Å². The van der Waals surface area contributed by atoms with Crippen LogP contribution in [0.1, 0.15) is 12.0 Å². The quantitative estimate of drug-likeness (QED) is 0.828. The van der Waals surface area contributed by atoms with Gasteiger partial charge in [0.1, 0.15) is 13.2 Å². The predicted octanol–water partition coefficient (Wildman–Crippen LogP) is 1.91. The number of hydrogen-bond donors (Lipinski definition) is 1. The Hall–Kier alpha value is -2.50. The number of carbonyl (C=O) groups excluding carboxylic acids is 2. The highest BCUT2D eigenvalue weighted by molar-refractivity contribution is 5.85. The van der Waals surface area contributed by atoms with Gasteiger partial charge in [0.2, 0.25) is 5.91 Å². The number of carbonyl (C=O) groups is 2. The molecule has 1 saturated heterocycles. The van der Waals surface area contributed by atoms with Crippen LogP contribution in [0.2, 0.25) is 0 Å². The topological polar surface area (TPSA) is 63.6 Å². The molecule has 3 rings (SSSR count). The highest BCUT2D eigenvalue weighted by Crippen LogP contribution is 2.20. The molecule has 1 N–H and O–H groups in total. The first-order chi connectivity index (χ1) is 11.1. The van der Waals surface area contributed by atoms with Crippen molar-refractivity contribution in [1.82, 2.24) is 14.8 Å². The predicted molar refractivity (Wildman–Crippen MR) is 87.2 cm³/mol. The minimum Gasteiger partial charge on any atom is -0.448 e. The average Bonchev–Trinajstić information content (AvgIpc) is 3.09. The lowest BCUT2D eigenvalue weighted by Crippen LogP contribution is -2.32. The number of aryl methyl sites for hydroxylation is 1. The molecule has 0 radical (unpaired) electrons. The fraction of sp³-hybridized carbons (Fsp3) is 0.412. The van der Waals surface area contributed by atoms with Gasteiger partial charge < -0.3 is 19.5 Å². The van der Waals surface area contributed by atoms with Gasteiger partial charge in [0, 0.05) is 30.2 Å². The van der Waals surface area contributed by atoms with Crippen molar-refractivity contribution in [2.24, 2.45) is 0 Å². The van der Waals surface area contributed by atoms with Crippen molar-refractivity contribution in [1.29, 1.82) is 0 Å². The largest absolute Gasteiger partial charge is 0.448 e. The summed E-state index contributed by atoms with van der Waals surface area (Å²) in [6.07, 6.45) is 2.47. The Kier molecular flexibility index (Phi) is 4.50. The standard InChI is InChI=1S/C17H21N3O3/c1-13-11-20(15-6-3-2-5-14(13)15)12-16(21)18-7-4-8-19-9-10-23-17(19)22/h2-3,5-6,11H,4,7-10,12H2,1H3,(H,18,21). The number of amides is 2. The first-order valence-corrected chi connectivity index (χ1v) is 7.88. The van der Waals surface area contributed by atoms with Gasteiger partial charge in [-0.1, -0.05) is 18.2 Å². The molecule has 6 nitrogen and oxygen atoms in total. The molecule has 2 heterocycles. The maximum absolute atomic E-state index is 12.1. The minimum absolute atomic E-state index is 0.0187. The van der Waals surface area contributed by atoms with Crippen LogP contribution in [0.15, 0.2) is 30.5 Å². The van der Waals surface area contributed by atoms with E-state index >= 15 is 0 Å². The number of aromatic nitrogens is 1. The summed E-state index contributed by atoms with van der Waals surface area (Å²) in [7, 11) is 0. The van der Waals surface area contributed by atoms with Crippen LogP contribution in [0.5, 0.6) is 0 Å². The Bertz CT molecular complexity index is 723. The van der Waals surface area contributed by atoms with Crippen molar-refractivity contribution in [3.05, 3.63) is 36.0 Å². The van der Waals surface area contributed by atoms with E-state index in [1.54, 1.807) is 4.90 Å². The molecule has 0 atom stereocenters. The lowest BCUT2D eigenvalue weighted by atomic mass is 10.2. The maximum atomic E-state index is 12.1. The van der Waals surface area contributed by atoms with E-state index in [-0.39, 0.29) is 12.0 Å². The number of para-hydroxylation sites is 1. The minimum atomic E-state index is -0.259. The van der Waals surface area contributed by atoms with E-state index in [4.69, 9.17) is 4.74 Å². The molecule has 1 aromatic heterocycles. The summed E-state index contributed by atoms with van der Waals surface area (Å²) in [5.41, 5.74) is 2.24.